The summed E-state index contributed by atoms with van der Waals surface area (Å²) in [5, 5.41) is 0. The number of likely N-dealkylation sites (N-methyl/N-ethyl adjacent to an activating group) is 1. The van der Waals surface area contributed by atoms with Crippen LogP contribution < -0.4 is 4.90 Å². The maximum Gasteiger partial charge on any atom is 0.241 e. The first-order valence-electron chi connectivity index (χ1n) is 9.62. The Hall–Kier alpha value is -1.99. The van der Waals surface area contributed by atoms with Gasteiger partial charge in [0.2, 0.25) is 11.8 Å². The van der Waals surface area contributed by atoms with Gasteiger partial charge >= 0.3 is 0 Å². The maximum absolute atomic E-state index is 13.7. The first kappa shape index (κ1) is 18.4. The van der Waals surface area contributed by atoms with E-state index in [-0.39, 0.29) is 35.6 Å². The molecule has 2 amide bonds. The van der Waals surface area contributed by atoms with Crippen molar-refractivity contribution in [2.24, 2.45) is 5.92 Å². The van der Waals surface area contributed by atoms with Crippen molar-refractivity contribution >= 4 is 17.5 Å². The van der Waals surface area contributed by atoms with Crippen molar-refractivity contribution in [3.8, 4) is 0 Å². The molecule has 1 atom stereocenters. The molecule has 27 heavy (non-hydrogen) atoms. The number of amides is 2. The molecule has 7 heteroatoms. The van der Waals surface area contributed by atoms with Crippen molar-refractivity contribution in [1.82, 2.24) is 9.80 Å². The highest BCUT2D eigenvalue weighted by atomic mass is 19.1. The molecule has 0 aliphatic carbocycles. The average Bonchev–Trinajstić information content (AvgIpc) is 3.10. The van der Waals surface area contributed by atoms with E-state index in [1.165, 1.54) is 12.1 Å². The molecule has 0 radical (unpaired) electrons. The fourth-order valence-electron chi connectivity index (χ4n) is 4.53. The number of carbonyl (C=O) groups excluding carboxylic acids is 2. The molecule has 0 bridgehead atoms. The van der Waals surface area contributed by atoms with Crippen LogP contribution in [0.15, 0.2) is 24.3 Å². The molecule has 1 spiro atoms. The molecule has 3 heterocycles. The lowest BCUT2D eigenvalue weighted by Crippen LogP contribution is -2.64. The fourth-order valence-corrected chi connectivity index (χ4v) is 4.53. The van der Waals surface area contributed by atoms with Crippen LogP contribution >= 0.6 is 0 Å². The summed E-state index contributed by atoms with van der Waals surface area (Å²) in [5.74, 6) is -0.138. The molecule has 1 aromatic carbocycles. The third-order valence-corrected chi connectivity index (χ3v) is 6.27. The predicted molar refractivity (Wildman–Crippen MR) is 98.9 cm³/mol. The van der Waals surface area contributed by atoms with Crippen molar-refractivity contribution in [2.75, 3.05) is 51.3 Å². The number of hydrogen-bond acceptors (Lipinski definition) is 4. The Labute approximate surface area is 158 Å². The standard InChI is InChI=1S/C20H26FN3O3/c1-22-12-18(25)24(17-4-2-3-16(21)11-17)14-20(22)7-8-23(13-20)19(26)15-5-9-27-10-6-15/h2-4,11,15H,5-10,12-14H2,1H3. The van der Waals surface area contributed by atoms with Gasteiger partial charge in [0.05, 0.1) is 12.1 Å². The number of benzene rings is 1. The highest BCUT2D eigenvalue weighted by molar-refractivity contribution is 5.96. The van der Waals surface area contributed by atoms with E-state index in [1.807, 2.05) is 11.9 Å². The van der Waals surface area contributed by atoms with Gasteiger partial charge in [-0.1, -0.05) is 6.07 Å². The number of carbonyl (C=O) groups is 2. The van der Waals surface area contributed by atoms with Crippen LogP contribution in [-0.2, 0) is 14.3 Å². The van der Waals surface area contributed by atoms with E-state index in [2.05, 4.69) is 4.90 Å². The molecule has 3 aliphatic heterocycles. The van der Waals surface area contributed by atoms with Crippen molar-refractivity contribution in [1.29, 1.82) is 0 Å². The second-order valence-corrected chi connectivity index (χ2v) is 7.94. The van der Waals surface area contributed by atoms with Gasteiger partial charge in [-0.05, 0) is 44.5 Å². The van der Waals surface area contributed by atoms with E-state index in [0.717, 1.165) is 19.3 Å². The van der Waals surface area contributed by atoms with Crippen LogP contribution in [0.3, 0.4) is 0 Å². The number of anilines is 1. The average molecular weight is 375 g/mol. The van der Waals surface area contributed by atoms with E-state index in [0.29, 0.717) is 38.5 Å². The minimum absolute atomic E-state index is 0.0390. The molecule has 0 N–H and O–H groups in total. The first-order chi connectivity index (χ1) is 13.0. The van der Waals surface area contributed by atoms with Gasteiger partial charge in [0, 0.05) is 44.5 Å². The van der Waals surface area contributed by atoms with Crippen molar-refractivity contribution < 1.29 is 18.7 Å². The Morgan fingerprint density at radius 1 is 1.26 bits per heavy atom. The smallest absolute Gasteiger partial charge is 0.241 e. The summed E-state index contributed by atoms with van der Waals surface area (Å²) in [6.07, 6.45) is 2.38. The molecule has 1 aromatic rings. The Bertz CT molecular complexity index is 737. The first-order valence-corrected chi connectivity index (χ1v) is 9.62. The molecule has 3 aliphatic rings. The molecule has 0 saturated carbocycles. The number of likely N-dealkylation sites (tertiary alicyclic amines) is 1. The van der Waals surface area contributed by atoms with Gasteiger partial charge < -0.3 is 14.5 Å². The second-order valence-electron chi connectivity index (χ2n) is 7.94. The SMILES string of the molecule is CN1CC(=O)N(c2cccc(F)c2)CC12CCN(C(=O)C1CCOCC1)C2. The highest BCUT2D eigenvalue weighted by Gasteiger charge is 2.49. The van der Waals surface area contributed by atoms with Crippen LogP contribution in [0.25, 0.3) is 0 Å². The normalized spacial score (nSPS) is 27.6. The maximum atomic E-state index is 13.7. The number of hydrogen-bond donors (Lipinski definition) is 0. The van der Waals surface area contributed by atoms with Crippen LogP contribution in [0, 0.1) is 11.7 Å². The van der Waals surface area contributed by atoms with Gasteiger partial charge in [0.25, 0.3) is 0 Å². The second kappa shape index (κ2) is 7.20. The Morgan fingerprint density at radius 2 is 2.04 bits per heavy atom. The van der Waals surface area contributed by atoms with Crippen molar-refractivity contribution in [3.05, 3.63) is 30.1 Å². The zero-order valence-corrected chi connectivity index (χ0v) is 15.7. The Balaban J connectivity index is 1.51. The van der Waals surface area contributed by atoms with Gasteiger partial charge in [0.1, 0.15) is 5.82 Å². The van der Waals surface area contributed by atoms with E-state index in [9.17, 15) is 14.0 Å². The summed E-state index contributed by atoms with van der Waals surface area (Å²) < 4.78 is 19.0. The van der Waals surface area contributed by atoms with E-state index in [4.69, 9.17) is 4.74 Å². The third-order valence-electron chi connectivity index (χ3n) is 6.27. The quantitative estimate of drug-likeness (QED) is 0.786. The van der Waals surface area contributed by atoms with Crippen LogP contribution in [-0.4, -0.2) is 73.6 Å². The van der Waals surface area contributed by atoms with E-state index < -0.39 is 0 Å². The molecule has 0 aromatic heterocycles. The molecule has 3 fully saturated rings. The minimum atomic E-state index is -0.351. The Kier molecular flexibility index (Phi) is 4.90. The lowest BCUT2D eigenvalue weighted by atomic mass is 9.92. The van der Waals surface area contributed by atoms with E-state index >= 15 is 0 Å². The summed E-state index contributed by atoms with van der Waals surface area (Å²) >= 11 is 0. The van der Waals surface area contributed by atoms with Gasteiger partial charge in [-0.15, -0.1) is 0 Å². The zero-order chi connectivity index (χ0) is 19.0. The third kappa shape index (κ3) is 3.46. The lowest BCUT2D eigenvalue weighted by molar-refractivity contribution is -0.138. The fraction of sp³-hybridized carbons (Fsp3) is 0.600. The van der Waals surface area contributed by atoms with Crippen molar-refractivity contribution in [3.63, 3.8) is 0 Å². The lowest BCUT2D eigenvalue weighted by Gasteiger charge is -2.46. The molecule has 4 rings (SSSR count). The van der Waals surface area contributed by atoms with Gasteiger partial charge in [-0.25, -0.2) is 4.39 Å². The summed E-state index contributed by atoms with van der Waals surface area (Å²) in [4.78, 5) is 31.2. The number of rotatable bonds is 2. The summed E-state index contributed by atoms with van der Waals surface area (Å²) in [7, 11) is 1.95. The molecular formula is C20H26FN3O3. The van der Waals surface area contributed by atoms with Gasteiger partial charge in [-0.2, -0.15) is 0 Å². The summed E-state index contributed by atoms with van der Waals surface area (Å²) in [6.45, 7) is 3.36. The number of ether oxygens (including phenoxy) is 1. The summed E-state index contributed by atoms with van der Waals surface area (Å²) in [5.41, 5.74) is 0.308. The van der Waals surface area contributed by atoms with E-state index in [1.54, 1.807) is 17.0 Å². The van der Waals surface area contributed by atoms with Crippen LogP contribution in [0.5, 0.6) is 0 Å². The van der Waals surface area contributed by atoms with Crippen LogP contribution in [0.4, 0.5) is 10.1 Å². The highest BCUT2D eigenvalue weighted by Crippen LogP contribution is 2.34. The minimum Gasteiger partial charge on any atom is -0.381 e. The summed E-state index contributed by atoms with van der Waals surface area (Å²) in [6, 6.07) is 6.17. The molecule has 3 saturated heterocycles. The topological polar surface area (TPSA) is 53.1 Å². The number of nitrogens with zero attached hydrogens (tertiary/aromatic N) is 3. The van der Waals surface area contributed by atoms with Gasteiger partial charge in [-0.3, -0.25) is 14.5 Å². The molecular weight excluding hydrogens is 349 g/mol. The monoisotopic (exact) mass is 375 g/mol. The molecule has 6 nitrogen and oxygen atoms in total. The van der Waals surface area contributed by atoms with Gasteiger partial charge in [0.15, 0.2) is 0 Å². The van der Waals surface area contributed by atoms with Crippen molar-refractivity contribution in [2.45, 2.75) is 24.8 Å². The largest absolute Gasteiger partial charge is 0.381 e. The van der Waals surface area contributed by atoms with Crippen LogP contribution in [0.2, 0.25) is 0 Å². The zero-order valence-electron chi connectivity index (χ0n) is 15.7. The number of piperazine rings is 1. The molecule has 146 valence electrons. The predicted octanol–water partition coefficient (Wildman–Crippen LogP) is 1.50. The Morgan fingerprint density at radius 3 is 2.78 bits per heavy atom. The van der Waals surface area contributed by atoms with Crippen LogP contribution in [0.1, 0.15) is 19.3 Å². The number of halogens is 1. The molecule has 1 unspecified atom stereocenters.